The summed E-state index contributed by atoms with van der Waals surface area (Å²) < 4.78 is 5.31. The van der Waals surface area contributed by atoms with Gasteiger partial charge in [0.15, 0.2) is 0 Å². The first-order valence-corrected chi connectivity index (χ1v) is 5.26. The Morgan fingerprint density at radius 2 is 2.00 bits per heavy atom. The highest BCUT2D eigenvalue weighted by molar-refractivity contribution is 7.98. The van der Waals surface area contributed by atoms with Crippen LogP contribution in [0, 0.1) is 0 Å². The summed E-state index contributed by atoms with van der Waals surface area (Å²) in [6.07, 6.45) is 3.57. The summed E-state index contributed by atoms with van der Waals surface area (Å²) in [5.41, 5.74) is 5.34. The van der Waals surface area contributed by atoms with Gasteiger partial charge in [0, 0.05) is 25.1 Å². The standard InChI is InChI=1S/C7H13N3OS/c1-12-5-3-7-10-9-6(11-7)2-4-8/h2-5,8H2,1H3. The Morgan fingerprint density at radius 3 is 2.58 bits per heavy atom. The molecule has 0 aliphatic carbocycles. The molecule has 0 amide bonds. The van der Waals surface area contributed by atoms with Gasteiger partial charge in [0.05, 0.1) is 0 Å². The van der Waals surface area contributed by atoms with Gasteiger partial charge in [-0.3, -0.25) is 0 Å². The van der Waals surface area contributed by atoms with Gasteiger partial charge in [0.25, 0.3) is 0 Å². The summed E-state index contributed by atoms with van der Waals surface area (Å²) in [7, 11) is 0. The molecule has 0 fully saturated rings. The van der Waals surface area contributed by atoms with Crippen molar-refractivity contribution in [1.82, 2.24) is 10.2 Å². The first kappa shape index (κ1) is 9.54. The minimum Gasteiger partial charge on any atom is -0.425 e. The normalized spacial score (nSPS) is 10.5. The third-order valence-electron chi connectivity index (χ3n) is 1.39. The molecule has 0 radical (unpaired) electrons. The average molecular weight is 187 g/mol. The molecule has 2 N–H and O–H groups in total. The fourth-order valence-electron chi connectivity index (χ4n) is 0.803. The minimum atomic E-state index is 0.560. The van der Waals surface area contributed by atoms with Crippen molar-refractivity contribution in [2.45, 2.75) is 12.8 Å². The van der Waals surface area contributed by atoms with E-state index in [4.69, 9.17) is 10.2 Å². The average Bonchev–Trinajstić information content (AvgIpc) is 2.50. The van der Waals surface area contributed by atoms with E-state index in [0.717, 1.165) is 12.2 Å². The van der Waals surface area contributed by atoms with E-state index in [1.165, 1.54) is 0 Å². The maximum Gasteiger partial charge on any atom is 0.217 e. The van der Waals surface area contributed by atoms with Crippen LogP contribution in [-0.4, -0.2) is 28.8 Å². The van der Waals surface area contributed by atoms with Crippen LogP contribution in [0.5, 0.6) is 0 Å². The van der Waals surface area contributed by atoms with Crippen LogP contribution in [0.25, 0.3) is 0 Å². The van der Waals surface area contributed by atoms with Gasteiger partial charge in [-0.15, -0.1) is 10.2 Å². The molecule has 0 aliphatic heterocycles. The van der Waals surface area contributed by atoms with Gasteiger partial charge in [-0.25, -0.2) is 0 Å². The van der Waals surface area contributed by atoms with Gasteiger partial charge in [0.1, 0.15) is 0 Å². The molecular formula is C7H13N3OS. The molecule has 0 bridgehead atoms. The fourth-order valence-corrected chi connectivity index (χ4v) is 1.18. The molecule has 0 spiro atoms. The number of rotatable bonds is 5. The van der Waals surface area contributed by atoms with Gasteiger partial charge < -0.3 is 10.2 Å². The largest absolute Gasteiger partial charge is 0.425 e. The summed E-state index contributed by atoms with van der Waals surface area (Å²) in [5.74, 6) is 2.38. The Balaban J connectivity index is 2.41. The van der Waals surface area contributed by atoms with Crippen molar-refractivity contribution >= 4 is 11.8 Å². The molecule has 0 aromatic carbocycles. The molecule has 4 nitrogen and oxygen atoms in total. The second-order valence-corrected chi connectivity index (χ2v) is 3.36. The van der Waals surface area contributed by atoms with Gasteiger partial charge in [-0.2, -0.15) is 11.8 Å². The Labute approximate surface area is 75.9 Å². The first-order chi connectivity index (χ1) is 5.86. The minimum absolute atomic E-state index is 0.560. The Bertz CT molecular complexity index is 226. The van der Waals surface area contributed by atoms with Gasteiger partial charge in [0.2, 0.25) is 11.8 Å². The lowest BCUT2D eigenvalue weighted by Crippen LogP contribution is -2.02. The van der Waals surface area contributed by atoms with Crippen molar-refractivity contribution in [3.63, 3.8) is 0 Å². The number of nitrogens with zero attached hydrogens (tertiary/aromatic N) is 2. The van der Waals surface area contributed by atoms with Gasteiger partial charge in [-0.05, 0) is 6.26 Å². The number of hydrogen-bond acceptors (Lipinski definition) is 5. The number of thioether (sulfide) groups is 1. The van der Waals surface area contributed by atoms with Crippen LogP contribution >= 0.6 is 11.8 Å². The first-order valence-electron chi connectivity index (χ1n) is 3.87. The zero-order chi connectivity index (χ0) is 8.81. The molecule has 12 heavy (non-hydrogen) atoms. The van der Waals surface area contributed by atoms with Crippen LogP contribution in [0.15, 0.2) is 4.42 Å². The second-order valence-electron chi connectivity index (χ2n) is 2.37. The topological polar surface area (TPSA) is 64.9 Å². The van der Waals surface area contributed by atoms with Crippen molar-refractivity contribution in [3.05, 3.63) is 11.8 Å². The highest BCUT2D eigenvalue weighted by Gasteiger charge is 2.03. The maximum absolute atomic E-state index is 5.34. The predicted molar refractivity (Wildman–Crippen MR) is 49.1 cm³/mol. The summed E-state index contributed by atoms with van der Waals surface area (Å²) in [5, 5.41) is 7.74. The highest BCUT2D eigenvalue weighted by Crippen LogP contribution is 2.03. The van der Waals surface area contributed by atoms with E-state index in [1.807, 2.05) is 0 Å². The molecule has 0 saturated carbocycles. The van der Waals surface area contributed by atoms with Crippen LogP contribution in [0.4, 0.5) is 0 Å². The van der Waals surface area contributed by atoms with E-state index in [-0.39, 0.29) is 0 Å². The lowest BCUT2D eigenvalue weighted by Gasteiger charge is -1.90. The second kappa shape index (κ2) is 5.16. The Kier molecular flexibility index (Phi) is 4.10. The molecule has 0 unspecified atom stereocenters. The number of aromatic nitrogens is 2. The summed E-state index contributed by atoms with van der Waals surface area (Å²) in [4.78, 5) is 0. The molecule has 1 aromatic heterocycles. The molecule has 1 rings (SSSR count). The number of nitrogens with two attached hydrogens (primary N) is 1. The van der Waals surface area contributed by atoms with Crippen LogP contribution in [0.2, 0.25) is 0 Å². The van der Waals surface area contributed by atoms with Crippen molar-refractivity contribution in [2.75, 3.05) is 18.6 Å². The Morgan fingerprint density at radius 1 is 1.33 bits per heavy atom. The van der Waals surface area contributed by atoms with E-state index in [9.17, 15) is 0 Å². The third kappa shape index (κ3) is 2.83. The third-order valence-corrected chi connectivity index (χ3v) is 2.00. The van der Waals surface area contributed by atoms with E-state index < -0.39 is 0 Å². The van der Waals surface area contributed by atoms with Crippen molar-refractivity contribution in [3.8, 4) is 0 Å². The van der Waals surface area contributed by atoms with Gasteiger partial charge >= 0.3 is 0 Å². The summed E-state index contributed by atoms with van der Waals surface area (Å²) in [6.45, 7) is 0.560. The van der Waals surface area contributed by atoms with Crippen LogP contribution in [-0.2, 0) is 12.8 Å². The van der Waals surface area contributed by atoms with Crippen molar-refractivity contribution in [1.29, 1.82) is 0 Å². The smallest absolute Gasteiger partial charge is 0.217 e. The molecule has 68 valence electrons. The zero-order valence-corrected chi connectivity index (χ0v) is 7.93. The maximum atomic E-state index is 5.34. The molecule has 0 atom stereocenters. The summed E-state index contributed by atoms with van der Waals surface area (Å²) >= 11 is 1.77. The molecule has 0 aliphatic rings. The monoisotopic (exact) mass is 187 g/mol. The van der Waals surface area contributed by atoms with Crippen LogP contribution in [0.3, 0.4) is 0 Å². The molecule has 0 saturated heterocycles. The Hall–Kier alpha value is -0.550. The van der Waals surface area contributed by atoms with E-state index in [0.29, 0.717) is 24.7 Å². The lowest BCUT2D eigenvalue weighted by molar-refractivity contribution is 0.456. The number of hydrogen-bond donors (Lipinski definition) is 1. The molecular weight excluding hydrogens is 174 g/mol. The molecule has 1 heterocycles. The van der Waals surface area contributed by atoms with Crippen LogP contribution in [0.1, 0.15) is 11.8 Å². The van der Waals surface area contributed by atoms with E-state index in [1.54, 1.807) is 11.8 Å². The molecule has 5 heteroatoms. The van der Waals surface area contributed by atoms with Crippen LogP contribution < -0.4 is 5.73 Å². The summed E-state index contributed by atoms with van der Waals surface area (Å²) in [6, 6.07) is 0. The van der Waals surface area contributed by atoms with E-state index in [2.05, 4.69) is 16.5 Å². The highest BCUT2D eigenvalue weighted by atomic mass is 32.2. The number of aryl methyl sites for hydroxylation is 1. The quantitative estimate of drug-likeness (QED) is 0.726. The van der Waals surface area contributed by atoms with Crippen molar-refractivity contribution < 1.29 is 4.42 Å². The van der Waals surface area contributed by atoms with E-state index >= 15 is 0 Å². The lowest BCUT2D eigenvalue weighted by atomic mass is 10.4. The van der Waals surface area contributed by atoms with Gasteiger partial charge in [-0.1, -0.05) is 0 Å². The van der Waals surface area contributed by atoms with Crippen molar-refractivity contribution in [2.24, 2.45) is 5.73 Å². The fraction of sp³-hybridized carbons (Fsp3) is 0.714. The SMILES string of the molecule is CSCCc1nnc(CCN)o1. The predicted octanol–water partition coefficient (Wildman–Crippen LogP) is 0.476. The molecule has 1 aromatic rings. The zero-order valence-electron chi connectivity index (χ0n) is 7.12.